The quantitative estimate of drug-likeness (QED) is 0.724. The van der Waals surface area contributed by atoms with Crippen LogP contribution >= 0.6 is 11.6 Å². The van der Waals surface area contributed by atoms with Crippen molar-refractivity contribution in [1.29, 1.82) is 0 Å². The van der Waals surface area contributed by atoms with Crippen molar-refractivity contribution >= 4 is 22.6 Å². The van der Waals surface area contributed by atoms with Crippen LogP contribution < -0.4 is 0 Å². The minimum atomic E-state index is 0.485. The number of hydrogen-bond acceptors (Lipinski definition) is 1. The standard InChI is InChI=1S/C12H15ClN2/c1-2-3-8-15-11-7-5-4-6-10(11)14-12(15)9-13/h4-7H,2-3,8-9H2,1H3. The lowest BCUT2D eigenvalue weighted by Crippen LogP contribution is -2.01. The zero-order chi connectivity index (χ0) is 10.7. The van der Waals surface area contributed by atoms with E-state index in [2.05, 4.69) is 22.5 Å². The predicted molar refractivity (Wildman–Crippen MR) is 64.2 cm³/mol. The fourth-order valence-electron chi connectivity index (χ4n) is 1.79. The normalized spacial score (nSPS) is 11.1. The Hall–Kier alpha value is -1.02. The lowest BCUT2D eigenvalue weighted by Gasteiger charge is -2.05. The highest BCUT2D eigenvalue weighted by Gasteiger charge is 2.07. The van der Waals surface area contributed by atoms with Gasteiger partial charge in [0.2, 0.25) is 0 Å². The summed E-state index contributed by atoms with van der Waals surface area (Å²) in [6.07, 6.45) is 2.36. The van der Waals surface area contributed by atoms with Gasteiger partial charge in [0.25, 0.3) is 0 Å². The summed E-state index contributed by atoms with van der Waals surface area (Å²) in [6, 6.07) is 8.20. The van der Waals surface area contributed by atoms with Crippen molar-refractivity contribution in [3.8, 4) is 0 Å². The number of imidazole rings is 1. The molecule has 0 saturated heterocycles. The summed E-state index contributed by atoms with van der Waals surface area (Å²) in [5, 5.41) is 0. The predicted octanol–water partition coefficient (Wildman–Crippen LogP) is 3.58. The highest BCUT2D eigenvalue weighted by molar-refractivity contribution is 6.16. The van der Waals surface area contributed by atoms with Crippen LogP contribution in [0.3, 0.4) is 0 Å². The zero-order valence-electron chi connectivity index (χ0n) is 8.91. The van der Waals surface area contributed by atoms with Gasteiger partial charge in [0.05, 0.1) is 16.9 Å². The van der Waals surface area contributed by atoms with Crippen LogP contribution in [0.4, 0.5) is 0 Å². The number of rotatable bonds is 4. The first-order valence-corrected chi connectivity index (χ1v) is 5.90. The number of nitrogens with zero attached hydrogens (tertiary/aromatic N) is 2. The van der Waals surface area contributed by atoms with Crippen LogP contribution in [-0.4, -0.2) is 9.55 Å². The van der Waals surface area contributed by atoms with Crippen LogP contribution in [0.2, 0.25) is 0 Å². The number of halogens is 1. The Labute approximate surface area is 94.9 Å². The monoisotopic (exact) mass is 222 g/mol. The number of aromatic nitrogens is 2. The molecule has 0 radical (unpaired) electrons. The van der Waals surface area contributed by atoms with Crippen LogP contribution in [-0.2, 0) is 12.4 Å². The average molecular weight is 223 g/mol. The third kappa shape index (κ3) is 2.00. The molecule has 0 saturated carbocycles. The summed E-state index contributed by atoms with van der Waals surface area (Å²) in [5.41, 5.74) is 2.24. The van der Waals surface area contributed by atoms with E-state index in [1.54, 1.807) is 0 Å². The maximum Gasteiger partial charge on any atom is 0.124 e. The second-order valence-corrected chi connectivity index (χ2v) is 3.92. The summed E-state index contributed by atoms with van der Waals surface area (Å²) in [4.78, 5) is 4.52. The van der Waals surface area contributed by atoms with E-state index in [1.165, 1.54) is 18.4 Å². The van der Waals surface area contributed by atoms with Crippen molar-refractivity contribution in [3.63, 3.8) is 0 Å². The second-order valence-electron chi connectivity index (χ2n) is 3.66. The van der Waals surface area contributed by atoms with Gasteiger partial charge >= 0.3 is 0 Å². The maximum absolute atomic E-state index is 5.90. The van der Waals surface area contributed by atoms with E-state index in [0.29, 0.717) is 5.88 Å². The van der Waals surface area contributed by atoms with Crippen molar-refractivity contribution in [2.45, 2.75) is 32.2 Å². The lowest BCUT2D eigenvalue weighted by molar-refractivity contribution is 0.628. The first-order chi connectivity index (χ1) is 7.36. The molecule has 2 rings (SSSR count). The van der Waals surface area contributed by atoms with E-state index in [4.69, 9.17) is 11.6 Å². The van der Waals surface area contributed by atoms with E-state index in [1.807, 2.05) is 18.2 Å². The fourth-order valence-corrected chi connectivity index (χ4v) is 2.00. The number of aryl methyl sites for hydroxylation is 1. The van der Waals surface area contributed by atoms with Crippen molar-refractivity contribution in [1.82, 2.24) is 9.55 Å². The Morgan fingerprint density at radius 1 is 1.33 bits per heavy atom. The summed E-state index contributed by atoms with van der Waals surface area (Å²) in [7, 11) is 0. The van der Waals surface area contributed by atoms with Crippen LogP contribution in [0.25, 0.3) is 11.0 Å². The lowest BCUT2D eigenvalue weighted by atomic mass is 10.3. The van der Waals surface area contributed by atoms with Crippen LogP contribution in [0.5, 0.6) is 0 Å². The molecule has 0 aliphatic carbocycles. The molecule has 0 bridgehead atoms. The van der Waals surface area contributed by atoms with E-state index >= 15 is 0 Å². The Balaban J connectivity index is 2.47. The first-order valence-electron chi connectivity index (χ1n) is 5.37. The Kier molecular flexibility index (Phi) is 3.27. The fraction of sp³-hybridized carbons (Fsp3) is 0.417. The molecule has 0 amide bonds. The third-order valence-electron chi connectivity index (χ3n) is 2.59. The van der Waals surface area contributed by atoms with Gasteiger partial charge in [0.15, 0.2) is 0 Å². The van der Waals surface area contributed by atoms with Gasteiger partial charge in [-0.15, -0.1) is 11.6 Å². The molecule has 0 fully saturated rings. The van der Waals surface area contributed by atoms with Gasteiger partial charge in [-0.3, -0.25) is 0 Å². The van der Waals surface area contributed by atoms with Crippen molar-refractivity contribution < 1.29 is 0 Å². The molecule has 1 heterocycles. The third-order valence-corrected chi connectivity index (χ3v) is 2.83. The van der Waals surface area contributed by atoms with Crippen molar-refractivity contribution in [3.05, 3.63) is 30.1 Å². The Bertz CT molecular complexity index is 448. The summed E-state index contributed by atoms with van der Waals surface area (Å²) in [6.45, 7) is 3.21. The molecule has 80 valence electrons. The zero-order valence-corrected chi connectivity index (χ0v) is 9.67. The minimum absolute atomic E-state index is 0.485. The molecule has 1 aromatic carbocycles. The molecular weight excluding hydrogens is 208 g/mol. The highest BCUT2D eigenvalue weighted by Crippen LogP contribution is 2.17. The number of hydrogen-bond donors (Lipinski definition) is 0. The average Bonchev–Trinajstić information content (AvgIpc) is 2.64. The van der Waals surface area contributed by atoms with Gasteiger partial charge in [-0.05, 0) is 18.6 Å². The molecule has 0 N–H and O–H groups in total. The van der Waals surface area contributed by atoms with Gasteiger partial charge < -0.3 is 4.57 Å². The first kappa shape index (κ1) is 10.5. The number of benzene rings is 1. The Morgan fingerprint density at radius 3 is 2.87 bits per heavy atom. The van der Waals surface area contributed by atoms with Gasteiger partial charge in [-0.25, -0.2) is 4.98 Å². The molecule has 0 atom stereocenters. The number of para-hydroxylation sites is 2. The Morgan fingerprint density at radius 2 is 2.13 bits per heavy atom. The molecule has 15 heavy (non-hydrogen) atoms. The number of fused-ring (bicyclic) bond motifs is 1. The second kappa shape index (κ2) is 4.67. The van der Waals surface area contributed by atoms with Gasteiger partial charge in [-0.2, -0.15) is 0 Å². The van der Waals surface area contributed by atoms with Gasteiger partial charge in [0.1, 0.15) is 5.82 Å². The van der Waals surface area contributed by atoms with Crippen LogP contribution in [0, 0.1) is 0 Å². The summed E-state index contributed by atoms with van der Waals surface area (Å²) in [5.74, 6) is 1.46. The summed E-state index contributed by atoms with van der Waals surface area (Å²) < 4.78 is 2.23. The molecule has 2 nitrogen and oxygen atoms in total. The topological polar surface area (TPSA) is 17.8 Å². The molecule has 0 unspecified atom stereocenters. The van der Waals surface area contributed by atoms with Crippen molar-refractivity contribution in [2.24, 2.45) is 0 Å². The molecule has 2 aromatic rings. The van der Waals surface area contributed by atoms with E-state index in [-0.39, 0.29) is 0 Å². The minimum Gasteiger partial charge on any atom is -0.327 e. The molecule has 0 aliphatic heterocycles. The smallest absolute Gasteiger partial charge is 0.124 e. The number of alkyl halides is 1. The SMILES string of the molecule is CCCCn1c(CCl)nc2ccccc21. The van der Waals surface area contributed by atoms with E-state index < -0.39 is 0 Å². The number of unbranched alkanes of at least 4 members (excludes halogenated alkanes) is 1. The molecule has 3 heteroatoms. The van der Waals surface area contributed by atoms with Gasteiger partial charge in [-0.1, -0.05) is 25.5 Å². The molecule has 0 spiro atoms. The van der Waals surface area contributed by atoms with Crippen molar-refractivity contribution in [2.75, 3.05) is 0 Å². The molecule has 1 aromatic heterocycles. The van der Waals surface area contributed by atoms with Gasteiger partial charge in [0, 0.05) is 6.54 Å². The van der Waals surface area contributed by atoms with E-state index in [9.17, 15) is 0 Å². The maximum atomic E-state index is 5.90. The largest absolute Gasteiger partial charge is 0.327 e. The molecular formula is C12H15ClN2. The molecule has 0 aliphatic rings. The highest BCUT2D eigenvalue weighted by atomic mass is 35.5. The van der Waals surface area contributed by atoms with E-state index in [0.717, 1.165) is 17.9 Å². The van der Waals surface area contributed by atoms with Crippen LogP contribution in [0.15, 0.2) is 24.3 Å². The summed E-state index contributed by atoms with van der Waals surface area (Å²) >= 11 is 5.90. The van der Waals surface area contributed by atoms with Crippen LogP contribution in [0.1, 0.15) is 25.6 Å².